The maximum atomic E-state index is 13.3. The van der Waals surface area contributed by atoms with Gasteiger partial charge in [-0.2, -0.15) is 0 Å². The van der Waals surface area contributed by atoms with Gasteiger partial charge in [0.15, 0.2) is 5.76 Å². The molecule has 1 aliphatic heterocycles. The zero-order chi connectivity index (χ0) is 25.5. The number of rotatable bonds is 8. The third-order valence-electron chi connectivity index (χ3n) is 6.59. The highest BCUT2D eigenvalue weighted by atomic mass is 19.1. The number of hydrogen-bond acceptors (Lipinski definition) is 4. The van der Waals surface area contributed by atoms with Gasteiger partial charge in [-0.3, -0.25) is 14.6 Å². The van der Waals surface area contributed by atoms with E-state index in [1.165, 1.54) is 17.7 Å². The molecule has 0 bridgehead atoms. The Balaban J connectivity index is 1.30. The Labute approximate surface area is 213 Å². The first-order chi connectivity index (χ1) is 17.3. The minimum Gasteiger partial charge on any atom is -0.455 e. The van der Waals surface area contributed by atoms with Crippen molar-refractivity contribution in [1.82, 2.24) is 14.7 Å². The molecule has 1 fully saturated rings. The molecule has 2 heterocycles. The molecule has 2 aromatic carbocycles. The van der Waals surface area contributed by atoms with Crippen molar-refractivity contribution in [2.75, 3.05) is 32.7 Å². The smallest absolute Gasteiger partial charge is 0.289 e. The van der Waals surface area contributed by atoms with Crippen LogP contribution in [-0.2, 0) is 13.1 Å². The first-order valence-corrected chi connectivity index (χ1v) is 12.6. The molecule has 0 unspecified atom stereocenters. The molecule has 0 radical (unpaired) electrons. The molecule has 1 amide bonds. The van der Waals surface area contributed by atoms with Gasteiger partial charge in [-0.25, -0.2) is 4.39 Å². The van der Waals surface area contributed by atoms with Crippen molar-refractivity contribution in [3.63, 3.8) is 0 Å². The van der Waals surface area contributed by atoms with E-state index in [1.54, 1.807) is 6.07 Å². The number of hydrogen-bond donors (Lipinski definition) is 0. The Morgan fingerprint density at radius 2 is 1.64 bits per heavy atom. The second-order valence-electron chi connectivity index (χ2n) is 10.3. The fraction of sp³-hybridized carbons (Fsp3) is 0.367. The minimum atomic E-state index is -0.236. The number of benzene rings is 2. The lowest BCUT2D eigenvalue weighted by molar-refractivity contribution is 0.0610. The van der Waals surface area contributed by atoms with Gasteiger partial charge in [-0.05, 0) is 56.2 Å². The normalized spacial score (nSPS) is 15.2. The van der Waals surface area contributed by atoms with Crippen molar-refractivity contribution in [2.24, 2.45) is 0 Å². The summed E-state index contributed by atoms with van der Waals surface area (Å²) >= 11 is 0. The van der Waals surface area contributed by atoms with Crippen LogP contribution in [0.25, 0.3) is 6.08 Å². The van der Waals surface area contributed by atoms with Gasteiger partial charge in [0.2, 0.25) is 0 Å². The van der Waals surface area contributed by atoms with Crippen LogP contribution >= 0.6 is 0 Å². The Kier molecular flexibility index (Phi) is 8.39. The van der Waals surface area contributed by atoms with E-state index in [4.69, 9.17) is 4.42 Å². The lowest BCUT2D eigenvalue weighted by Crippen LogP contribution is -2.48. The monoisotopic (exact) mass is 489 g/mol. The van der Waals surface area contributed by atoms with Crippen LogP contribution in [0.3, 0.4) is 0 Å². The summed E-state index contributed by atoms with van der Waals surface area (Å²) in [5.74, 6) is 0.847. The van der Waals surface area contributed by atoms with Gasteiger partial charge in [0.1, 0.15) is 11.6 Å². The van der Waals surface area contributed by atoms with Crippen molar-refractivity contribution in [2.45, 2.75) is 39.4 Å². The number of nitrogens with zero attached hydrogens (tertiary/aromatic N) is 3. The van der Waals surface area contributed by atoms with E-state index in [0.29, 0.717) is 31.9 Å². The van der Waals surface area contributed by atoms with Gasteiger partial charge >= 0.3 is 0 Å². The van der Waals surface area contributed by atoms with Crippen LogP contribution in [0.5, 0.6) is 0 Å². The van der Waals surface area contributed by atoms with Gasteiger partial charge in [-0.1, -0.05) is 54.6 Å². The molecule has 4 rings (SSSR count). The van der Waals surface area contributed by atoms with Gasteiger partial charge in [0, 0.05) is 44.8 Å². The molecular formula is C30H36FN3O2. The molecule has 6 heteroatoms. The summed E-state index contributed by atoms with van der Waals surface area (Å²) in [5, 5.41) is 0. The first-order valence-electron chi connectivity index (χ1n) is 12.6. The first kappa shape index (κ1) is 25.9. The van der Waals surface area contributed by atoms with Crippen LogP contribution in [0.1, 0.15) is 48.2 Å². The van der Waals surface area contributed by atoms with Crippen LogP contribution in [0.4, 0.5) is 4.39 Å². The molecule has 36 heavy (non-hydrogen) atoms. The molecule has 1 saturated heterocycles. The summed E-state index contributed by atoms with van der Waals surface area (Å²) < 4.78 is 19.3. The van der Waals surface area contributed by atoms with E-state index >= 15 is 0 Å². The highest BCUT2D eigenvalue weighted by Crippen LogP contribution is 2.22. The van der Waals surface area contributed by atoms with Gasteiger partial charge in [0.25, 0.3) is 5.91 Å². The summed E-state index contributed by atoms with van der Waals surface area (Å²) in [6.07, 6.45) is 4.32. The fourth-order valence-electron chi connectivity index (χ4n) is 4.30. The maximum Gasteiger partial charge on any atom is 0.289 e. The SMILES string of the molecule is CC(C)(C)N(Cc1ccc(F)cc1)Cc1ccc(C(=O)N2CCN(C/C=C/c3ccccc3)CC2)o1. The van der Waals surface area contributed by atoms with Crippen LogP contribution in [0.15, 0.2) is 77.2 Å². The quantitative estimate of drug-likeness (QED) is 0.408. The zero-order valence-electron chi connectivity index (χ0n) is 21.5. The second kappa shape index (κ2) is 11.7. The molecule has 1 aromatic heterocycles. The topological polar surface area (TPSA) is 39.9 Å². The Morgan fingerprint density at radius 1 is 0.944 bits per heavy atom. The van der Waals surface area contributed by atoms with E-state index in [9.17, 15) is 9.18 Å². The number of furan rings is 1. The summed E-state index contributed by atoms with van der Waals surface area (Å²) in [4.78, 5) is 19.6. The van der Waals surface area contributed by atoms with Crippen molar-refractivity contribution < 1.29 is 13.6 Å². The zero-order valence-corrected chi connectivity index (χ0v) is 21.5. The fourth-order valence-corrected chi connectivity index (χ4v) is 4.30. The highest BCUT2D eigenvalue weighted by molar-refractivity contribution is 5.91. The summed E-state index contributed by atoms with van der Waals surface area (Å²) in [7, 11) is 0. The standard InChI is InChI=1S/C30H36FN3O2/c1-30(2,3)34(22-25-11-13-26(31)14-12-25)23-27-15-16-28(36-27)29(35)33-20-18-32(19-21-33)17-7-10-24-8-5-4-6-9-24/h4-16H,17-23H2,1-3H3/b10-7+. The Bertz CT molecular complexity index is 1140. The van der Waals surface area contributed by atoms with Gasteiger partial charge in [-0.15, -0.1) is 0 Å². The predicted molar refractivity (Wildman–Crippen MR) is 142 cm³/mol. The van der Waals surface area contributed by atoms with Crippen molar-refractivity contribution in [3.05, 3.63) is 101 Å². The Hall–Kier alpha value is -3.22. The van der Waals surface area contributed by atoms with E-state index in [1.807, 2.05) is 41.3 Å². The molecule has 190 valence electrons. The van der Waals surface area contributed by atoms with Crippen LogP contribution in [0, 0.1) is 5.82 Å². The van der Waals surface area contributed by atoms with E-state index in [2.05, 4.69) is 54.9 Å². The Morgan fingerprint density at radius 3 is 2.31 bits per heavy atom. The van der Waals surface area contributed by atoms with E-state index in [-0.39, 0.29) is 17.3 Å². The molecule has 1 aliphatic rings. The molecule has 0 N–H and O–H groups in total. The summed E-state index contributed by atoms with van der Waals surface area (Å²) in [6, 6.07) is 20.5. The van der Waals surface area contributed by atoms with Crippen molar-refractivity contribution in [1.29, 1.82) is 0 Å². The van der Waals surface area contributed by atoms with Crippen molar-refractivity contribution in [3.8, 4) is 0 Å². The second-order valence-corrected chi connectivity index (χ2v) is 10.3. The molecule has 0 spiro atoms. The van der Waals surface area contributed by atoms with Crippen molar-refractivity contribution >= 4 is 12.0 Å². The molecule has 3 aromatic rings. The minimum absolute atomic E-state index is 0.0541. The maximum absolute atomic E-state index is 13.3. The van der Waals surface area contributed by atoms with E-state index < -0.39 is 0 Å². The lowest BCUT2D eigenvalue weighted by Gasteiger charge is -2.35. The van der Waals surface area contributed by atoms with Crippen LogP contribution in [0.2, 0.25) is 0 Å². The number of halogens is 1. The average Bonchev–Trinajstić information content (AvgIpc) is 3.34. The van der Waals surface area contributed by atoms with Crippen LogP contribution < -0.4 is 0 Å². The average molecular weight is 490 g/mol. The van der Waals surface area contributed by atoms with Gasteiger partial charge in [0.05, 0.1) is 6.54 Å². The number of carbonyl (C=O) groups is 1. The largest absolute Gasteiger partial charge is 0.455 e. The molecule has 0 atom stereocenters. The molecule has 0 saturated carbocycles. The van der Waals surface area contributed by atoms with E-state index in [0.717, 1.165) is 31.0 Å². The predicted octanol–water partition coefficient (Wildman–Crippen LogP) is 5.69. The third-order valence-corrected chi connectivity index (χ3v) is 6.59. The lowest BCUT2D eigenvalue weighted by atomic mass is 10.0. The molecule has 5 nitrogen and oxygen atoms in total. The summed E-state index contributed by atoms with van der Waals surface area (Å²) in [5.41, 5.74) is 2.10. The third kappa shape index (κ3) is 7.15. The summed E-state index contributed by atoms with van der Waals surface area (Å²) in [6.45, 7) is 11.6. The number of carbonyl (C=O) groups excluding carboxylic acids is 1. The van der Waals surface area contributed by atoms with Crippen LogP contribution in [-0.4, -0.2) is 58.9 Å². The molecular weight excluding hydrogens is 453 g/mol. The highest BCUT2D eigenvalue weighted by Gasteiger charge is 2.26. The number of amides is 1. The molecule has 0 aliphatic carbocycles. The number of piperazine rings is 1. The van der Waals surface area contributed by atoms with Gasteiger partial charge < -0.3 is 9.32 Å².